The van der Waals surface area contributed by atoms with Crippen molar-refractivity contribution in [2.24, 2.45) is 11.8 Å². The smallest absolute Gasteiger partial charge is 0.470 e. The number of nitrogens with zero attached hydrogens (tertiary/aromatic N) is 4. The molecule has 0 amide bonds. The molecule has 0 fully saturated rings. The van der Waals surface area contributed by atoms with Gasteiger partial charge in [-0.1, -0.05) is 166 Å². The summed E-state index contributed by atoms with van der Waals surface area (Å²) in [5.74, 6) is -2.69. The summed E-state index contributed by atoms with van der Waals surface area (Å²) in [6.45, 7) is 21.1. The molecule has 5 aromatic rings. The predicted octanol–water partition coefficient (Wildman–Crippen LogP) is 11.1. The van der Waals surface area contributed by atoms with Gasteiger partial charge in [0.2, 0.25) is 11.6 Å². The minimum absolute atomic E-state index is 0. The number of rotatable bonds is 15. The minimum Gasteiger partial charge on any atom is -0.470 e. The zero-order valence-corrected chi connectivity index (χ0v) is 50.3. The van der Waals surface area contributed by atoms with Crippen molar-refractivity contribution >= 4 is 34.4 Å². The first-order chi connectivity index (χ1) is 37.5. The maximum absolute atomic E-state index is 14.6. The summed E-state index contributed by atoms with van der Waals surface area (Å²) < 4.78 is 47.9. The number of hydrogen-bond donors (Lipinski definition) is 3. The molecule has 0 saturated carbocycles. The number of fused-ring (bicyclic) bond motifs is 4. The van der Waals surface area contributed by atoms with E-state index >= 15 is 0 Å². The molecule has 0 unspecified atom stereocenters. The number of carbonyl (C=O) groups excluding carboxylic acids is 3. The third kappa shape index (κ3) is 12.6. The molecule has 446 valence electrons. The Kier molecular flexibility index (Phi) is 19.9. The first-order valence-electron chi connectivity index (χ1n) is 27.0. The molecule has 2 heterocycles. The Labute approximate surface area is 485 Å². The largest absolute Gasteiger partial charge is 0.509 e. The number of ketones is 2. The molecule has 0 spiro atoms. The molecule has 0 bridgehead atoms. The third-order valence-electron chi connectivity index (χ3n) is 16.8. The summed E-state index contributed by atoms with van der Waals surface area (Å²) in [4.78, 5) is 45.3. The Bertz CT molecular complexity index is 3040. The number of aromatic nitrogens is 2. The third-order valence-corrected chi connectivity index (χ3v) is 25.7. The summed E-state index contributed by atoms with van der Waals surface area (Å²) in [6.07, 6.45) is 1.48. The molecular formula is C62H86N4O14Si2. The van der Waals surface area contributed by atoms with Crippen molar-refractivity contribution < 1.29 is 66.5 Å². The van der Waals surface area contributed by atoms with Crippen molar-refractivity contribution in [2.75, 3.05) is 28.2 Å². The Balaban J connectivity index is 0.000000265. The lowest BCUT2D eigenvalue weighted by atomic mass is 9.63. The second kappa shape index (κ2) is 25.0. The van der Waals surface area contributed by atoms with Crippen molar-refractivity contribution in [3.05, 3.63) is 155 Å². The normalized spacial score (nSPS) is 25.7. The van der Waals surface area contributed by atoms with Gasteiger partial charge in [0.15, 0.2) is 39.4 Å². The fraction of sp³-hybridized carbons (Fsp3) is 0.500. The van der Waals surface area contributed by atoms with Gasteiger partial charge >= 0.3 is 6.16 Å². The molecule has 20 heteroatoms. The van der Waals surface area contributed by atoms with E-state index in [9.17, 15) is 29.7 Å². The number of hydrogen-bond acceptors (Lipinski definition) is 18. The van der Waals surface area contributed by atoms with Gasteiger partial charge in [0.25, 0.3) is 11.8 Å². The van der Waals surface area contributed by atoms with Crippen LogP contribution in [0.5, 0.6) is 11.8 Å². The molecule has 3 N–H and O–H groups in total. The average Bonchev–Trinajstić information content (AvgIpc) is 1.89. The fourth-order valence-electron chi connectivity index (χ4n) is 10.4. The zero-order chi connectivity index (χ0) is 58.3. The molecule has 10 atom stereocenters. The van der Waals surface area contributed by atoms with Crippen LogP contribution in [-0.2, 0) is 38.1 Å². The Hall–Kier alpha value is -6.08. The van der Waals surface area contributed by atoms with Crippen molar-refractivity contribution in [1.82, 2.24) is 20.1 Å². The van der Waals surface area contributed by atoms with E-state index in [1.807, 2.05) is 110 Å². The van der Waals surface area contributed by atoms with Crippen LogP contribution >= 0.6 is 0 Å². The van der Waals surface area contributed by atoms with Crippen LogP contribution in [0.25, 0.3) is 0 Å². The van der Waals surface area contributed by atoms with E-state index in [0.717, 1.165) is 16.7 Å². The van der Waals surface area contributed by atoms with Gasteiger partial charge in [0.05, 0.1) is 30.0 Å². The van der Waals surface area contributed by atoms with Gasteiger partial charge in [-0.25, -0.2) is 4.79 Å². The molecule has 4 aliphatic rings. The van der Waals surface area contributed by atoms with Crippen LogP contribution in [0, 0.1) is 11.8 Å². The first-order valence-corrected chi connectivity index (χ1v) is 32.8. The highest BCUT2D eigenvalue weighted by atomic mass is 28.4. The summed E-state index contributed by atoms with van der Waals surface area (Å²) in [5.41, 5.74) is -1.46. The van der Waals surface area contributed by atoms with Crippen molar-refractivity contribution in [1.29, 1.82) is 0 Å². The predicted molar refractivity (Wildman–Crippen MR) is 316 cm³/mol. The number of ether oxygens (including phenoxy) is 4. The molecular weight excluding hydrogens is 1080 g/mol. The SMILES string of the molecule is C.C.CN(C)[C@@H]1c2onc(OCc3ccccc3)c2C(=O)[C@]2(O)[C@H]1[C@@H](O)C=C[C@H]2O[Si](C)(C)C(C)(C)C.CN(C)[C@@H]1c2onc(OCc3ccccc3)c2C(=O)[C@]2(O)[C@H]1[C@@H](OC(=O)OCc1ccccc1)C=C[C@H]2O[Si](C)(C)C(C)(C)C. The van der Waals surface area contributed by atoms with E-state index in [-0.39, 0.29) is 79.2 Å². The monoisotopic (exact) mass is 1170 g/mol. The van der Waals surface area contributed by atoms with Crippen molar-refractivity contribution in [2.45, 2.75) is 160 Å². The summed E-state index contributed by atoms with van der Waals surface area (Å²) in [7, 11) is 2.30. The molecule has 2 aromatic heterocycles. The van der Waals surface area contributed by atoms with Crippen LogP contribution in [0.1, 0.15) is 117 Å². The molecule has 9 rings (SSSR count). The van der Waals surface area contributed by atoms with Gasteiger partial charge in [-0.05, 0) is 97.5 Å². The standard InChI is InChI=1S/C34H42N2O8Si.C26H36N2O6Si.2CH4/c1-33(2,3)45(6,7)44-25-19-18-24(42-32(38)41-21-23-16-12-9-13-17-23)27-28(36(4)5)29-26(30(37)34(25,27)39)31(35-43-29)40-20-22-14-10-8-11-15-22;1-25(2,3)35(6,7)34-18-14-13-17(29)20-21(28(4)5)22-19(23(30)26(18,20)31)24(27-33-22)32-15-16-11-9-8-10-12-16;;/h8-19,24-25,27-28,39H,20-21H2,1-7H3;8-14,17-18,20-21,29,31H,15H2,1-7H3;2*1H4/t24-,25+,27-,28-,34+;17-,18+,20-,21-,26+;;/m00../s1. The zero-order valence-electron chi connectivity index (χ0n) is 48.3. The quantitative estimate of drug-likeness (QED) is 0.0503. The van der Waals surface area contributed by atoms with Gasteiger partial charge in [0, 0.05) is 0 Å². The molecule has 18 nitrogen and oxygen atoms in total. The maximum Gasteiger partial charge on any atom is 0.509 e. The highest BCUT2D eigenvalue weighted by molar-refractivity contribution is 6.74. The maximum atomic E-state index is 14.6. The van der Waals surface area contributed by atoms with Crippen molar-refractivity contribution in [3.63, 3.8) is 0 Å². The van der Waals surface area contributed by atoms with Crippen LogP contribution in [0.4, 0.5) is 4.79 Å². The molecule has 0 aliphatic heterocycles. The number of aliphatic hydroxyl groups excluding tert-OH is 1. The average molecular weight is 1170 g/mol. The lowest BCUT2D eigenvalue weighted by Gasteiger charge is -2.52. The Morgan fingerprint density at radius 3 is 1.34 bits per heavy atom. The molecule has 0 saturated heterocycles. The second-order valence-electron chi connectivity index (χ2n) is 24.6. The Morgan fingerprint density at radius 2 is 0.951 bits per heavy atom. The minimum atomic E-state index is -2.53. The Morgan fingerprint density at radius 1 is 0.585 bits per heavy atom. The van der Waals surface area contributed by atoms with Crippen LogP contribution in [-0.4, -0.2) is 134 Å². The molecule has 4 aliphatic carbocycles. The lowest BCUT2D eigenvalue weighted by molar-refractivity contribution is -0.130. The van der Waals surface area contributed by atoms with Gasteiger partial charge in [-0.3, -0.25) is 19.4 Å². The van der Waals surface area contributed by atoms with Crippen LogP contribution < -0.4 is 9.47 Å². The summed E-state index contributed by atoms with van der Waals surface area (Å²) in [5, 5.41) is 43.8. The van der Waals surface area contributed by atoms with E-state index in [4.69, 9.17) is 36.8 Å². The second-order valence-corrected chi connectivity index (χ2v) is 34.2. The topological polar surface area (TPSA) is 226 Å². The highest BCUT2D eigenvalue weighted by Crippen LogP contribution is 2.55. The lowest BCUT2D eigenvalue weighted by Crippen LogP contribution is -2.67. The number of Topliss-reactive ketones (excluding diaryl/α,β-unsaturated/α-hetero) is 2. The van der Waals surface area contributed by atoms with Gasteiger partial charge in [0.1, 0.15) is 49.3 Å². The summed E-state index contributed by atoms with van der Waals surface area (Å²) in [6, 6.07) is 26.9. The van der Waals surface area contributed by atoms with Gasteiger partial charge in [-0.2, -0.15) is 0 Å². The van der Waals surface area contributed by atoms with E-state index < -0.39 is 93.9 Å². The van der Waals surface area contributed by atoms with Crippen LogP contribution in [0.15, 0.2) is 124 Å². The van der Waals surface area contributed by atoms with E-state index in [0.29, 0.717) is 0 Å². The van der Waals surface area contributed by atoms with Crippen LogP contribution in [0.3, 0.4) is 0 Å². The van der Waals surface area contributed by atoms with Crippen molar-refractivity contribution in [3.8, 4) is 11.8 Å². The van der Waals surface area contributed by atoms with E-state index in [1.54, 1.807) is 43.3 Å². The number of aliphatic hydroxyl groups is 3. The first kappa shape index (κ1) is 65.1. The number of carbonyl (C=O) groups is 3. The highest BCUT2D eigenvalue weighted by Gasteiger charge is 2.67. The van der Waals surface area contributed by atoms with E-state index in [2.05, 4.69) is 78.0 Å². The van der Waals surface area contributed by atoms with Gasteiger partial charge in [-0.15, -0.1) is 0 Å². The fourth-order valence-corrected chi connectivity index (χ4v) is 12.9. The van der Waals surface area contributed by atoms with Gasteiger partial charge < -0.3 is 52.2 Å². The molecule has 82 heavy (non-hydrogen) atoms. The summed E-state index contributed by atoms with van der Waals surface area (Å²) >= 11 is 0. The molecule has 0 radical (unpaired) electrons. The van der Waals surface area contributed by atoms with E-state index in [1.165, 1.54) is 0 Å². The number of benzene rings is 3. The van der Waals surface area contributed by atoms with Crippen LogP contribution in [0.2, 0.25) is 36.3 Å². The molecule has 3 aromatic carbocycles.